The number of carbonyl (C=O) groups is 1. The summed E-state index contributed by atoms with van der Waals surface area (Å²) in [6, 6.07) is 6.41. The van der Waals surface area contributed by atoms with Crippen molar-refractivity contribution in [2.24, 2.45) is 5.92 Å². The van der Waals surface area contributed by atoms with Crippen molar-refractivity contribution < 1.29 is 9.18 Å². The van der Waals surface area contributed by atoms with Gasteiger partial charge in [0.25, 0.3) is 5.91 Å². The van der Waals surface area contributed by atoms with Crippen molar-refractivity contribution >= 4 is 5.91 Å². The summed E-state index contributed by atoms with van der Waals surface area (Å²) >= 11 is 0. The summed E-state index contributed by atoms with van der Waals surface area (Å²) in [7, 11) is 1.95. The number of amides is 1. The number of halogens is 1. The maximum atomic E-state index is 14.2. The maximum absolute atomic E-state index is 14.2. The Morgan fingerprint density at radius 1 is 1.31 bits per heavy atom. The predicted molar refractivity (Wildman–Crippen MR) is 98.0 cm³/mol. The lowest BCUT2D eigenvalue weighted by Gasteiger charge is -2.31. The minimum absolute atomic E-state index is 0.0185. The van der Waals surface area contributed by atoms with Crippen LogP contribution < -0.4 is 5.32 Å². The standard InChI is InChI=1S/C19H26FN5O/c1-13(2)18-22-17(23-25(18)16-7-5-4-6-15(16)20)19(26)24-10-8-14(9-11-24)12-21-3/h4-7,13-14,21H,8-12H2,1-3H3. The third-order valence-electron chi connectivity index (χ3n) is 4.82. The molecule has 1 aromatic carbocycles. The first-order chi connectivity index (χ1) is 12.5. The van der Waals surface area contributed by atoms with Gasteiger partial charge in [-0.1, -0.05) is 26.0 Å². The van der Waals surface area contributed by atoms with Gasteiger partial charge in [-0.15, -0.1) is 5.10 Å². The lowest BCUT2D eigenvalue weighted by Crippen LogP contribution is -2.40. The predicted octanol–water partition coefficient (Wildman–Crippen LogP) is 2.60. The Labute approximate surface area is 153 Å². The van der Waals surface area contributed by atoms with Crippen LogP contribution in [0, 0.1) is 11.7 Å². The van der Waals surface area contributed by atoms with Gasteiger partial charge in [-0.3, -0.25) is 4.79 Å². The molecule has 0 aliphatic carbocycles. The number of benzene rings is 1. The minimum atomic E-state index is -0.383. The van der Waals surface area contributed by atoms with Gasteiger partial charge < -0.3 is 10.2 Å². The Hall–Kier alpha value is -2.28. The first-order valence-electron chi connectivity index (χ1n) is 9.17. The average Bonchev–Trinajstić information content (AvgIpc) is 3.08. The topological polar surface area (TPSA) is 63.1 Å². The first-order valence-corrected chi connectivity index (χ1v) is 9.17. The highest BCUT2D eigenvalue weighted by molar-refractivity contribution is 5.90. The van der Waals surface area contributed by atoms with Crippen molar-refractivity contribution in [2.75, 3.05) is 26.7 Å². The fourth-order valence-corrected chi connectivity index (χ4v) is 3.36. The van der Waals surface area contributed by atoms with E-state index in [0.29, 0.717) is 30.5 Å². The third kappa shape index (κ3) is 3.77. The van der Waals surface area contributed by atoms with Crippen LogP contribution in [0.3, 0.4) is 0 Å². The Morgan fingerprint density at radius 2 is 2.00 bits per heavy atom. The second kappa shape index (κ2) is 7.95. The minimum Gasteiger partial charge on any atom is -0.336 e. The van der Waals surface area contributed by atoms with Crippen LogP contribution in [0.1, 0.15) is 49.1 Å². The van der Waals surface area contributed by atoms with Crippen molar-refractivity contribution in [1.29, 1.82) is 0 Å². The molecule has 0 spiro atoms. The number of aromatic nitrogens is 3. The van der Waals surface area contributed by atoms with E-state index in [1.165, 1.54) is 10.7 Å². The van der Waals surface area contributed by atoms with E-state index in [1.54, 1.807) is 23.1 Å². The summed E-state index contributed by atoms with van der Waals surface area (Å²) in [5.41, 5.74) is 0.315. The number of para-hydroxylation sites is 1. The number of rotatable bonds is 5. The van der Waals surface area contributed by atoms with Crippen LogP contribution >= 0.6 is 0 Å². The molecular formula is C19H26FN5O. The number of nitrogens with zero attached hydrogens (tertiary/aromatic N) is 4. The van der Waals surface area contributed by atoms with Gasteiger partial charge in [-0.2, -0.15) is 0 Å². The van der Waals surface area contributed by atoms with Crippen LogP contribution in [-0.4, -0.2) is 52.3 Å². The molecule has 0 unspecified atom stereocenters. The molecule has 2 aromatic rings. The van der Waals surface area contributed by atoms with E-state index in [0.717, 1.165) is 19.4 Å². The van der Waals surface area contributed by atoms with Gasteiger partial charge in [0.1, 0.15) is 17.3 Å². The molecule has 0 saturated carbocycles. The van der Waals surface area contributed by atoms with Crippen LogP contribution in [0.4, 0.5) is 4.39 Å². The molecule has 7 heteroatoms. The number of hydrogen-bond donors (Lipinski definition) is 1. The Balaban J connectivity index is 1.84. The molecular weight excluding hydrogens is 333 g/mol. The normalized spacial score (nSPS) is 15.7. The van der Waals surface area contributed by atoms with Gasteiger partial charge >= 0.3 is 0 Å². The quantitative estimate of drug-likeness (QED) is 0.891. The van der Waals surface area contributed by atoms with Gasteiger partial charge in [0.05, 0.1) is 0 Å². The van der Waals surface area contributed by atoms with Gasteiger partial charge in [0, 0.05) is 19.0 Å². The molecule has 1 aliphatic heterocycles. The Kier molecular flexibility index (Phi) is 5.66. The SMILES string of the molecule is CNCC1CCN(C(=O)c2nc(C(C)C)n(-c3ccccc3F)n2)CC1. The summed E-state index contributed by atoms with van der Waals surface area (Å²) in [6.45, 7) is 6.30. The molecule has 3 rings (SSSR count). The maximum Gasteiger partial charge on any atom is 0.293 e. The van der Waals surface area contributed by atoms with Gasteiger partial charge in [-0.25, -0.2) is 14.1 Å². The van der Waals surface area contributed by atoms with Gasteiger partial charge in [-0.05, 0) is 44.5 Å². The second-order valence-electron chi connectivity index (χ2n) is 7.10. The van der Waals surface area contributed by atoms with E-state index < -0.39 is 0 Å². The van der Waals surface area contributed by atoms with E-state index in [4.69, 9.17) is 0 Å². The van der Waals surface area contributed by atoms with Gasteiger partial charge in [0.15, 0.2) is 0 Å². The van der Waals surface area contributed by atoms with Crippen molar-refractivity contribution in [2.45, 2.75) is 32.6 Å². The number of hydrogen-bond acceptors (Lipinski definition) is 4. The fraction of sp³-hybridized carbons (Fsp3) is 0.526. The third-order valence-corrected chi connectivity index (χ3v) is 4.82. The summed E-state index contributed by atoms with van der Waals surface area (Å²) in [6.07, 6.45) is 1.94. The number of nitrogens with one attached hydrogen (secondary N) is 1. The molecule has 1 amide bonds. The second-order valence-corrected chi connectivity index (χ2v) is 7.10. The average molecular weight is 359 g/mol. The van der Waals surface area contributed by atoms with Crippen molar-refractivity contribution in [3.63, 3.8) is 0 Å². The summed E-state index contributed by atoms with van der Waals surface area (Å²) in [5.74, 6) is 0.785. The molecule has 26 heavy (non-hydrogen) atoms. The molecule has 140 valence electrons. The van der Waals surface area contributed by atoms with Crippen LogP contribution in [-0.2, 0) is 0 Å². The molecule has 1 saturated heterocycles. The van der Waals surface area contributed by atoms with E-state index in [2.05, 4.69) is 15.4 Å². The Bertz CT molecular complexity index is 765. The monoisotopic (exact) mass is 359 g/mol. The lowest BCUT2D eigenvalue weighted by atomic mass is 9.97. The smallest absolute Gasteiger partial charge is 0.293 e. The zero-order valence-electron chi connectivity index (χ0n) is 15.6. The molecule has 1 N–H and O–H groups in total. The summed E-state index contributed by atoms with van der Waals surface area (Å²) in [5, 5.41) is 7.55. The van der Waals surface area contributed by atoms with Crippen LogP contribution in [0.2, 0.25) is 0 Å². The highest BCUT2D eigenvalue weighted by atomic mass is 19.1. The molecule has 0 radical (unpaired) electrons. The van der Waals surface area contributed by atoms with Crippen LogP contribution in [0.25, 0.3) is 5.69 Å². The zero-order chi connectivity index (χ0) is 18.7. The van der Waals surface area contributed by atoms with Crippen molar-refractivity contribution in [3.8, 4) is 5.69 Å². The lowest BCUT2D eigenvalue weighted by molar-refractivity contribution is 0.0678. The molecule has 0 atom stereocenters. The Morgan fingerprint density at radius 3 is 2.62 bits per heavy atom. The number of carbonyl (C=O) groups excluding carboxylic acids is 1. The van der Waals surface area contributed by atoms with E-state index in [-0.39, 0.29) is 23.5 Å². The fourth-order valence-electron chi connectivity index (χ4n) is 3.36. The largest absolute Gasteiger partial charge is 0.336 e. The van der Waals surface area contributed by atoms with Crippen molar-refractivity contribution in [3.05, 3.63) is 41.7 Å². The number of likely N-dealkylation sites (tertiary alicyclic amines) is 1. The van der Waals surface area contributed by atoms with Gasteiger partial charge in [0.2, 0.25) is 5.82 Å². The van der Waals surface area contributed by atoms with E-state index in [1.807, 2.05) is 20.9 Å². The van der Waals surface area contributed by atoms with Crippen LogP contribution in [0.15, 0.2) is 24.3 Å². The molecule has 0 bridgehead atoms. The molecule has 1 aliphatic rings. The molecule has 2 heterocycles. The summed E-state index contributed by atoms with van der Waals surface area (Å²) in [4.78, 5) is 19.1. The molecule has 6 nitrogen and oxygen atoms in total. The summed E-state index contributed by atoms with van der Waals surface area (Å²) < 4.78 is 15.7. The van der Waals surface area contributed by atoms with E-state index >= 15 is 0 Å². The highest BCUT2D eigenvalue weighted by Gasteiger charge is 2.27. The highest BCUT2D eigenvalue weighted by Crippen LogP contribution is 2.22. The van der Waals surface area contributed by atoms with Crippen molar-refractivity contribution in [1.82, 2.24) is 25.0 Å². The molecule has 1 fully saturated rings. The number of piperidine rings is 1. The zero-order valence-corrected chi connectivity index (χ0v) is 15.6. The first kappa shape index (κ1) is 18.5. The van der Waals surface area contributed by atoms with Crippen LogP contribution in [0.5, 0.6) is 0 Å². The van der Waals surface area contributed by atoms with E-state index in [9.17, 15) is 9.18 Å². The molecule has 1 aromatic heterocycles.